The Morgan fingerprint density at radius 3 is 2.32 bits per heavy atom. The van der Waals surface area contributed by atoms with Gasteiger partial charge >= 0.3 is 0 Å². The van der Waals surface area contributed by atoms with Crippen LogP contribution in [-0.2, 0) is 12.8 Å². The topological polar surface area (TPSA) is 20.2 Å². The van der Waals surface area contributed by atoms with E-state index in [1.807, 2.05) is 24.3 Å². The van der Waals surface area contributed by atoms with Crippen LogP contribution in [0.4, 0.5) is 8.78 Å². The fourth-order valence-electron chi connectivity index (χ4n) is 1.95. The molecule has 2 aromatic rings. The van der Waals surface area contributed by atoms with Gasteiger partial charge in [0.25, 0.3) is 0 Å². The van der Waals surface area contributed by atoms with Gasteiger partial charge in [0, 0.05) is 10.9 Å². The minimum absolute atomic E-state index is 0.0882. The Labute approximate surface area is 119 Å². The normalized spacial score (nSPS) is 12.4. The molecule has 0 fully saturated rings. The summed E-state index contributed by atoms with van der Waals surface area (Å²) in [6.07, 6.45) is -0.280. The van der Waals surface area contributed by atoms with Gasteiger partial charge in [0.2, 0.25) is 0 Å². The summed E-state index contributed by atoms with van der Waals surface area (Å²) < 4.78 is 27.4. The summed E-state index contributed by atoms with van der Waals surface area (Å²) in [6, 6.07) is 11.5. The van der Waals surface area contributed by atoms with Crippen LogP contribution in [0.15, 0.2) is 46.9 Å². The molecule has 0 radical (unpaired) electrons. The van der Waals surface area contributed by atoms with E-state index in [1.165, 1.54) is 12.1 Å². The van der Waals surface area contributed by atoms with Crippen molar-refractivity contribution in [3.8, 4) is 0 Å². The Balaban J connectivity index is 2.08. The molecule has 2 rings (SSSR count). The molecule has 0 aliphatic heterocycles. The van der Waals surface area contributed by atoms with Crippen LogP contribution in [0, 0.1) is 11.6 Å². The molecule has 0 aliphatic carbocycles. The molecule has 100 valence electrons. The molecule has 1 atom stereocenters. The average Bonchev–Trinajstić information content (AvgIpc) is 2.38. The first-order chi connectivity index (χ1) is 9.08. The lowest BCUT2D eigenvalue weighted by Gasteiger charge is -2.12. The zero-order valence-corrected chi connectivity index (χ0v) is 11.7. The molecule has 19 heavy (non-hydrogen) atoms. The number of benzene rings is 2. The van der Waals surface area contributed by atoms with Gasteiger partial charge in [-0.05, 0) is 29.7 Å². The monoisotopic (exact) mass is 326 g/mol. The first-order valence-electron chi connectivity index (χ1n) is 5.92. The van der Waals surface area contributed by atoms with Crippen LogP contribution in [0.25, 0.3) is 0 Å². The second-order valence-corrected chi connectivity index (χ2v) is 5.22. The number of hydrogen-bond acceptors (Lipinski definition) is 1. The van der Waals surface area contributed by atoms with Crippen LogP contribution in [0.5, 0.6) is 0 Å². The maximum Gasteiger partial charge on any atom is 0.162 e. The van der Waals surface area contributed by atoms with Gasteiger partial charge in [0.05, 0.1) is 6.10 Å². The second-order valence-electron chi connectivity index (χ2n) is 4.37. The van der Waals surface area contributed by atoms with Crippen molar-refractivity contribution in [1.82, 2.24) is 0 Å². The van der Waals surface area contributed by atoms with E-state index >= 15 is 0 Å². The molecule has 0 aliphatic rings. The van der Waals surface area contributed by atoms with Gasteiger partial charge in [-0.2, -0.15) is 0 Å². The summed E-state index contributed by atoms with van der Waals surface area (Å²) in [4.78, 5) is 0. The molecule has 0 heterocycles. The summed E-state index contributed by atoms with van der Waals surface area (Å²) in [5, 5.41) is 9.99. The smallest absolute Gasteiger partial charge is 0.162 e. The van der Waals surface area contributed by atoms with E-state index in [0.717, 1.165) is 16.1 Å². The Morgan fingerprint density at radius 2 is 1.58 bits per heavy atom. The lowest BCUT2D eigenvalue weighted by atomic mass is 10.0. The van der Waals surface area contributed by atoms with Crippen LogP contribution < -0.4 is 0 Å². The minimum atomic E-state index is -0.884. The van der Waals surface area contributed by atoms with Crippen LogP contribution in [0.1, 0.15) is 11.1 Å². The molecule has 1 nitrogen and oxygen atoms in total. The Bertz CT molecular complexity index is 572. The van der Waals surface area contributed by atoms with Gasteiger partial charge in [-0.1, -0.05) is 46.3 Å². The molecule has 0 saturated heterocycles. The van der Waals surface area contributed by atoms with E-state index in [0.29, 0.717) is 6.42 Å². The molecule has 0 aromatic heterocycles. The van der Waals surface area contributed by atoms with Crippen molar-refractivity contribution in [2.45, 2.75) is 18.9 Å². The van der Waals surface area contributed by atoms with Crippen molar-refractivity contribution < 1.29 is 13.9 Å². The average molecular weight is 327 g/mol. The SMILES string of the molecule is OC(Cc1ccccc1Br)Cc1cccc(F)c1F. The van der Waals surface area contributed by atoms with Gasteiger partial charge in [0.15, 0.2) is 11.6 Å². The third kappa shape index (κ3) is 3.61. The number of halogens is 3. The van der Waals surface area contributed by atoms with E-state index in [4.69, 9.17) is 0 Å². The predicted molar refractivity (Wildman–Crippen MR) is 73.9 cm³/mol. The lowest BCUT2D eigenvalue weighted by Crippen LogP contribution is -2.15. The molecule has 2 aromatic carbocycles. The number of rotatable bonds is 4. The fraction of sp³-hybridized carbons (Fsp3) is 0.200. The van der Waals surface area contributed by atoms with Crippen LogP contribution in [-0.4, -0.2) is 11.2 Å². The molecule has 1 unspecified atom stereocenters. The molecule has 0 bridgehead atoms. The highest BCUT2D eigenvalue weighted by molar-refractivity contribution is 9.10. The molecule has 0 amide bonds. The Kier molecular flexibility index (Phi) is 4.66. The Hall–Kier alpha value is -1.26. The molecule has 1 N–H and O–H groups in total. The van der Waals surface area contributed by atoms with Gasteiger partial charge in [-0.15, -0.1) is 0 Å². The number of aliphatic hydroxyl groups excluding tert-OH is 1. The highest BCUT2D eigenvalue weighted by atomic mass is 79.9. The van der Waals surface area contributed by atoms with Crippen LogP contribution in [0.3, 0.4) is 0 Å². The summed E-state index contributed by atoms with van der Waals surface area (Å²) >= 11 is 3.39. The van der Waals surface area contributed by atoms with E-state index in [-0.39, 0.29) is 12.0 Å². The zero-order valence-electron chi connectivity index (χ0n) is 10.1. The standard InChI is InChI=1S/C15H13BrF2O/c16-13-6-2-1-4-10(13)8-12(19)9-11-5-3-7-14(17)15(11)18/h1-7,12,19H,8-9H2. The Morgan fingerprint density at radius 1 is 0.947 bits per heavy atom. The van der Waals surface area contributed by atoms with Crippen molar-refractivity contribution in [1.29, 1.82) is 0 Å². The van der Waals surface area contributed by atoms with Gasteiger partial charge in [-0.3, -0.25) is 0 Å². The van der Waals surface area contributed by atoms with Crippen molar-refractivity contribution in [2.24, 2.45) is 0 Å². The predicted octanol–water partition coefficient (Wildman–Crippen LogP) is 3.87. The number of aliphatic hydroxyl groups is 1. The van der Waals surface area contributed by atoms with Crippen LogP contribution >= 0.6 is 15.9 Å². The first-order valence-corrected chi connectivity index (χ1v) is 6.71. The van der Waals surface area contributed by atoms with E-state index in [9.17, 15) is 13.9 Å². The summed E-state index contributed by atoms with van der Waals surface area (Å²) in [5.74, 6) is -1.76. The van der Waals surface area contributed by atoms with Crippen molar-refractivity contribution in [3.63, 3.8) is 0 Å². The fourth-order valence-corrected chi connectivity index (χ4v) is 2.40. The van der Waals surface area contributed by atoms with Gasteiger partial charge < -0.3 is 5.11 Å². The molecular weight excluding hydrogens is 314 g/mol. The van der Waals surface area contributed by atoms with Crippen molar-refractivity contribution >= 4 is 15.9 Å². The van der Waals surface area contributed by atoms with E-state index < -0.39 is 17.7 Å². The highest BCUT2D eigenvalue weighted by Crippen LogP contribution is 2.20. The zero-order chi connectivity index (χ0) is 13.8. The largest absolute Gasteiger partial charge is 0.392 e. The molecular formula is C15H13BrF2O. The minimum Gasteiger partial charge on any atom is -0.392 e. The molecule has 0 saturated carbocycles. The van der Waals surface area contributed by atoms with E-state index in [2.05, 4.69) is 15.9 Å². The number of hydrogen-bond donors (Lipinski definition) is 1. The maximum atomic E-state index is 13.5. The quantitative estimate of drug-likeness (QED) is 0.904. The van der Waals surface area contributed by atoms with E-state index in [1.54, 1.807) is 0 Å². The highest BCUT2D eigenvalue weighted by Gasteiger charge is 2.13. The van der Waals surface area contributed by atoms with Crippen molar-refractivity contribution in [2.75, 3.05) is 0 Å². The maximum absolute atomic E-state index is 13.5. The van der Waals surface area contributed by atoms with Gasteiger partial charge in [0.1, 0.15) is 0 Å². The van der Waals surface area contributed by atoms with Crippen LogP contribution in [0.2, 0.25) is 0 Å². The molecule has 4 heteroatoms. The van der Waals surface area contributed by atoms with Gasteiger partial charge in [-0.25, -0.2) is 8.78 Å². The lowest BCUT2D eigenvalue weighted by molar-refractivity contribution is 0.173. The van der Waals surface area contributed by atoms with Crippen molar-refractivity contribution in [3.05, 3.63) is 69.7 Å². The summed E-state index contributed by atoms with van der Waals surface area (Å²) in [6.45, 7) is 0. The second kappa shape index (κ2) is 6.26. The summed E-state index contributed by atoms with van der Waals surface area (Å²) in [7, 11) is 0. The third-order valence-corrected chi connectivity index (χ3v) is 3.67. The summed E-state index contributed by atoms with van der Waals surface area (Å²) in [5.41, 5.74) is 1.13. The first kappa shape index (κ1) is 14.2. The molecule has 0 spiro atoms. The third-order valence-electron chi connectivity index (χ3n) is 2.90.